The smallest absolute Gasteiger partial charge is 0.254 e. The molecule has 1 aromatic carbocycles. The van der Waals surface area contributed by atoms with Crippen molar-refractivity contribution >= 4 is 18.3 Å². The maximum Gasteiger partial charge on any atom is 0.254 e. The largest absolute Gasteiger partial charge is 0.493 e. The van der Waals surface area contributed by atoms with E-state index < -0.39 is 0 Å². The van der Waals surface area contributed by atoms with Gasteiger partial charge in [0.05, 0.1) is 27.4 Å². The Balaban J connectivity index is 0.00000261. The fraction of sp³-hybridized carbons (Fsp3) is 0.368. The van der Waals surface area contributed by atoms with Gasteiger partial charge in [0.25, 0.3) is 5.91 Å². The lowest BCUT2D eigenvalue weighted by atomic mass is 10.0. The van der Waals surface area contributed by atoms with Crippen LogP contribution in [0.25, 0.3) is 0 Å². The summed E-state index contributed by atoms with van der Waals surface area (Å²) in [5, 5.41) is 3.34. The first-order chi connectivity index (χ1) is 12.7. The average molecular weight is 394 g/mol. The number of ether oxygens (including phenoxy) is 3. The molecule has 1 aliphatic rings. The van der Waals surface area contributed by atoms with Crippen molar-refractivity contribution in [3.63, 3.8) is 0 Å². The maximum atomic E-state index is 13.2. The molecule has 8 heteroatoms. The van der Waals surface area contributed by atoms with Crippen LogP contribution in [0.15, 0.2) is 36.7 Å². The van der Waals surface area contributed by atoms with Crippen LogP contribution in [0.3, 0.4) is 0 Å². The van der Waals surface area contributed by atoms with Crippen LogP contribution in [0.4, 0.5) is 0 Å². The van der Waals surface area contributed by atoms with Gasteiger partial charge in [-0.1, -0.05) is 6.07 Å². The van der Waals surface area contributed by atoms with E-state index in [1.807, 2.05) is 17.0 Å². The van der Waals surface area contributed by atoms with Crippen LogP contribution in [0.1, 0.15) is 22.0 Å². The first kappa shape index (κ1) is 20.8. The molecule has 27 heavy (non-hydrogen) atoms. The van der Waals surface area contributed by atoms with Gasteiger partial charge in [-0.2, -0.15) is 0 Å². The van der Waals surface area contributed by atoms with Crippen molar-refractivity contribution in [3.05, 3.63) is 47.8 Å². The molecule has 2 heterocycles. The molecule has 1 aromatic heterocycles. The summed E-state index contributed by atoms with van der Waals surface area (Å²) in [6.45, 7) is 2.03. The molecule has 1 unspecified atom stereocenters. The van der Waals surface area contributed by atoms with E-state index in [0.29, 0.717) is 35.9 Å². The van der Waals surface area contributed by atoms with Gasteiger partial charge in [0.2, 0.25) is 5.75 Å². The number of benzene rings is 1. The lowest BCUT2D eigenvalue weighted by Gasteiger charge is -2.36. The van der Waals surface area contributed by atoms with Gasteiger partial charge < -0.3 is 24.4 Å². The maximum absolute atomic E-state index is 13.2. The molecule has 1 fully saturated rings. The Morgan fingerprint density at radius 2 is 1.89 bits per heavy atom. The molecule has 1 N–H and O–H groups in total. The molecular weight excluding hydrogens is 370 g/mol. The minimum Gasteiger partial charge on any atom is -0.493 e. The third-order valence-electron chi connectivity index (χ3n) is 4.49. The number of nitrogens with one attached hydrogen (secondary N) is 1. The molecule has 1 amide bonds. The molecule has 1 atom stereocenters. The normalized spacial score (nSPS) is 16.3. The average Bonchev–Trinajstić information content (AvgIpc) is 2.72. The van der Waals surface area contributed by atoms with Crippen molar-refractivity contribution in [3.8, 4) is 17.2 Å². The number of piperazine rings is 1. The zero-order valence-electron chi connectivity index (χ0n) is 15.6. The monoisotopic (exact) mass is 393 g/mol. The fourth-order valence-electron chi connectivity index (χ4n) is 3.19. The molecule has 7 nitrogen and oxygen atoms in total. The van der Waals surface area contributed by atoms with Gasteiger partial charge in [-0.05, 0) is 23.8 Å². The van der Waals surface area contributed by atoms with Crippen LogP contribution in [0.5, 0.6) is 17.2 Å². The molecule has 1 saturated heterocycles. The number of rotatable bonds is 5. The molecule has 1 aliphatic heterocycles. The zero-order valence-corrected chi connectivity index (χ0v) is 16.4. The lowest BCUT2D eigenvalue weighted by molar-refractivity contribution is 0.0633. The minimum absolute atomic E-state index is 0. The first-order valence-electron chi connectivity index (χ1n) is 8.41. The molecule has 0 bridgehead atoms. The number of carbonyl (C=O) groups is 1. The summed E-state index contributed by atoms with van der Waals surface area (Å²) < 4.78 is 16.1. The summed E-state index contributed by atoms with van der Waals surface area (Å²) in [6.07, 6.45) is 3.53. The van der Waals surface area contributed by atoms with Gasteiger partial charge in [0.1, 0.15) is 0 Å². The Hall–Kier alpha value is -2.51. The van der Waals surface area contributed by atoms with Crippen molar-refractivity contribution in [1.29, 1.82) is 0 Å². The molecule has 0 spiro atoms. The Kier molecular flexibility index (Phi) is 7.27. The van der Waals surface area contributed by atoms with E-state index in [1.165, 1.54) is 21.3 Å². The van der Waals surface area contributed by atoms with E-state index in [-0.39, 0.29) is 24.4 Å². The van der Waals surface area contributed by atoms with Crippen molar-refractivity contribution in [2.75, 3.05) is 41.0 Å². The third kappa shape index (κ3) is 4.26. The van der Waals surface area contributed by atoms with Crippen molar-refractivity contribution < 1.29 is 19.0 Å². The van der Waals surface area contributed by atoms with E-state index in [1.54, 1.807) is 24.5 Å². The third-order valence-corrected chi connectivity index (χ3v) is 4.49. The highest BCUT2D eigenvalue weighted by molar-refractivity contribution is 5.96. The van der Waals surface area contributed by atoms with E-state index >= 15 is 0 Å². The summed E-state index contributed by atoms with van der Waals surface area (Å²) >= 11 is 0. The number of aromatic nitrogens is 1. The van der Waals surface area contributed by atoms with E-state index in [4.69, 9.17) is 14.2 Å². The lowest BCUT2D eigenvalue weighted by Crippen LogP contribution is -2.48. The van der Waals surface area contributed by atoms with Crippen LogP contribution in [0, 0.1) is 0 Å². The van der Waals surface area contributed by atoms with E-state index in [2.05, 4.69) is 10.3 Å². The van der Waals surface area contributed by atoms with Crippen LogP contribution >= 0.6 is 12.4 Å². The topological polar surface area (TPSA) is 72.9 Å². The van der Waals surface area contributed by atoms with Crippen molar-refractivity contribution in [2.45, 2.75) is 6.04 Å². The predicted octanol–water partition coefficient (Wildman–Crippen LogP) is 2.32. The molecule has 3 rings (SSSR count). The number of hydrogen-bond donors (Lipinski definition) is 1. The Morgan fingerprint density at radius 3 is 2.44 bits per heavy atom. The highest BCUT2D eigenvalue weighted by Crippen LogP contribution is 2.39. The minimum atomic E-state index is -0.0837. The van der Waals surface area contributed by atoms with Crippen LogP contribution in [-0.2, 0) is 0 Å². The summed E-state index contributed by atoms with van der Waals surface area (Å²) in [4.78, 5) is 19.3. The summed E-state index contributed by atoms with van der Waals surface area (Å²) in [7, 11) is 4.61. The highest BCUT2D eigenvalue weighted by Gasteiger charge is 2.30. The first-order valence-corrected chi connectivity index (χ1v) is 8.41. The number of halogens is 1. The molecule has 0 saturated carbocycles. The quantitative estimate of drug-likeness (QED) is 0.840. The molecular formula is C19H24ClN3O4. The van der Waals surface area contributed by atoms with Crippen LogP contribution in [-0.4, -0.2) is 56.8 Å². The second kappa shape index (κ2) is 9.43. The van der Waals surface area contributed by atoms with Gasteiger partial charge >= 0.3 is 0 Å². The number of methoxy groups -OCH3 is 3. The Bertz CT molecular complexity index is 748. The van der Waals surface area contributed by atoms with Crippen molar-refractivity contribution in [1.82, 2.24) is 15.2 Å². The second-order valence-corrected chi connectivity index (χ2v) is 5.92. The van der Waals surface area contributed by atoms with Crippen LogP contribution in [0.2, 0.25) is 0 Å². The van der Waals surface area contributed by atoms with Gasteiger partial charge in [0, 0.05) is 37.6 Å². The van der Waals surface area contributed by atoms with E-state index in [0.717, 1.165) is 12.1 Å². The summed E-state index contributed by atoms with van der Waals surface area (Å²) in [5.74, 6) is 1.31. The highest BCUT2D eigenvalue weighted by atomic mass is 35.5. The molecule has 0 radical (unpaired) electrons. The standard InChI is InChI=1S/C19H23N3O4.ClH/c1-24-16-9-14(10-17(25-2)18(16)26-3)19(23)22-8-7-21-12-15(22)13-5-4-6-20-11-13;/h4-6,9-11,15,21H,7-8,12H2,1-3H3;1H. The molecule has 146 valence electrons. The van der Waals surface area contributed by atoms with Gasteiger partial charge in [-0.25, -0.2) is 0 Å². The van der Waals surface area contributed by atoms with Crippen LogP contribution < -0.4 is 19.5 Å². The summed E-state index contributed by atoms with van der Waals surface area (Å²) in [6, 6.07) is 7.16. The van der Waals surface area contributed by atoms with Gasteiger partial charge in [0.15, 0.2) is 11.5 Å². The van der Waals surface area contributed by atoms with Gasteiger partial charge in [-0.3, -0.25) is 9.78 Å². The Labute approximate surface area is 165 Å². The predicted molar refractivity (Wildman–Crippen MR) is 104 cm³/mol. The second-order valence-electron chi connectivity index (χ2n) is 5.92. The Morgan fingerprint density at radius 1 is 1.19 bits per heavy atom. The number of pyridine rings is 1. The van der Waals surface area contributed by atoms with Crippen molar-refractivity contribution in [2.24, 2.45) is 0 Å². The number of hydrogen-bond acceptors (Lipinski definition) is 6. The van der Waals surface area contributed by atoms with Gasteiger partial charge in [-0.15, -0.1) is 12.4 Å². The van der Waals surface area contributed by atoms with E-state index in [9.17, 15) is 4.79 Å². The number of carbonyl (C=O) groups excluding carboxylic acids is 1. The zero-order chi connectivity index (χ0) is 18.5. The SMILES string of the molecule is COc1cc(C(=O)N2CCNCC2c2cccnc2)cc(OC)c1OC.Cl. The molecule has 2 aromatic rings. The number of amides is 1. The fourth-order valence-corrected chi connectivity index (χ4v) is 3.19. The number of nitrogens with zero attached hydrogens (tertiary/aromatic N) is 2. The summed E-state index contributed by atoms with van der Waals surface area (Å²) in [5.41, 5.74) is 1.50. The molecule has 0 aliphatic carbocycles.